The molecule has 0 unspecified atom stereocenters. The molecule has 7 heteroatoms. The Hall–Kier alpha value is -3.06. The Bertz CT molecular complexity index is 955. The molecule has 2 amide bonds. The van der Waals surface area contributed by atoms with Crippen LogP contribution in [0.3, 0.4) is 0 Å². The summed E-state index contributed by atoms with van der Waals surface area (Å²) in [4.78, 5) is 24.6. The van der Waals surface area contributed by atoms with Gasteiger partial charge in [0.25, 0.3) is 11.8 Å². The third-order valence-electron chi connectivity index (χ3n) is 3.46. The summed E-state index contributed by atoms with van der Waals surface area (Å²) < 4.78 is 26.7. The zero-order chi connectivity index (χ0) is 18.0. The minimum atomic E-state index is -0.988. The van der Waals surface area contributed by atoms with Crippen LogP contribution < -0.4 is 11.1 Å². The lowest BCUT2D eigenvalue weighted by Gasteiger charge is -2.05. The van der Waals surface area contributed by atoms with E-state index < -0.39 is 23.4 Å². The molecule has 0 radical (unpaired) electrons. The predicted molar refractivity (Wildman–Crippen MR) is 92.6 cm³/mol. The molecule has 0 saturated carbocycles. The molecular formula is C18H12F2N2O2S. The van der Waals surface area contributed by atoms with Crippen LogP contribution in [0.15, 0.2) is 54.6 Å². The first-order valence-electron chi connectivity index (χ1n) is 7.21. The summed E-state index contributed by atoms with van der Waals surface area (Å²) in [6.45, 7) is 0. The van der Waals surface area contributed by atoms with E-state index in [-0.39, 0.29) is 16.1 Å². The minimum Gasteiger partial charge on any atom is -0.366 e. The summed E-state index contributed by atoms with van der Waals surface area (Å²) in [5, 5.41) is 2.68. The smallest absolute Gasteiger partial charge is 0.259 e. The van der Waals surface area contributed by atoms with Crippen molar-refractivity contribution in [3.05, 3.63) is 77.4 Å². The van der Waals surface area contributed by atoms with E-state index in [0.29, 0.717) is 6.07 Å². The molecular weight excluding hydrogens is 346 g/mol. The lowest BCUT2D eigenvalue weighted by molar-refractivity contribution is 0.100. The fourth-order valence-corrected chi connectivity index (χ4v) is 3.32. The molecule has 126 valence electrons. The number of anilines is 1. The number of halogens is 2. The van der Waals surface area contributed by atoms with Crippen LogP contribution in [0.5, 0.6) is 0 Å². The van der Waals surface area contributed by atoms with Crippen LogP contribution in [0.1, 0.15) is 20.7 Å². The average Bonchev–Trinajstić information content (AvgIpc) is 2.99. The molecule has 0 saturated heterocycles. The number of carbonyl (C=O) groups excluding carboxylic acids is 2. The van der Waals surface area contributed by atoms with Gasteiger partial charge in [0, 0.05) is 10.9 Å². The van der Waals surface area contributed by atoms with Crippen LogP contribution in [0.2, 0.25) is 0 Å². The van der Waals surface area contributed by atoms with Crippen LogP contribution in [-0.4, -0.2) is 11.8 Å². The standard InChI is InChI=1S/C18H12F2N2O2S/c19-11-6-7-12(14(20)8-11)17(24)22-18-13(16(21)23)9-15(25-18)10-4-2-1-3-5-10/h1-9H,(H2,21,23)(H,22,24). The number of nitrogens with two attached hydrogens (primary N) is 1. The summed E-state index contributed by atoms with van der Waals surface area (Å²) >= 11 is 1.14. The molecule has 2 aromatic carbocycles. The van der Waals surface area contributed by atoms with Gasteiger partial charge in [-0.25, -0.2) is 8.78 Å². The molecule has 0 spiro atoms. The topological polar surface area (TPSA) is 72.2 Å². The highest BCUT2D eigenvalue weighted by Crippen LogP contribution is 2.35. The number of rotatable bonds is 4. The van der Waals surface area contributed by atoms with Gasteiger partial charge in [0.05, 0.1) is 11.1 Å². The van der Waals surface area contributed by atoms with Crippen LogP contribution in [-0.2, 0) is 0 Å². The highest BCUT2D eigenvalue weighted by molar-refractivity contribution is 7.20. The van der Waals surface area contributed by atoms with Gasteiger partial charge in [0.1, 0.15) is 16.6 Å². The molecule has 0 bridgehead atoms. The Labute approximate surface area is 145 Å². The van der Waals surface area contributed by atoms with E-state index in [4.69, 9.17) is 5.73 Å². The third kappa shape index (κ3) is 3.56. The fraction of sp³-hybridized carbons (Fsp3) is 0. The zero-order valence-electron chi connectivity index (χ0n) is 12.8. The van der Waals surface area contributed by atoms with Gasteiger partial charge in [-0.05, 0) is 23.8 Å². The first-order valence-corrected chi connectivity index (χ1v) is 8.03. The molecule has 3 N–H and O–H groups in total. The summed E-state index contributed by atoms with van der Waals surface area (Å²) in [6.07, 6.45) is 0. The number of benzene rings is 2. The molecule has 4 nitrogen and oxygen atoms in total. The molecule has 25 heavy (non-hydrogen) atoms. The summed E-state index contributed by atoms with van der Waals surface area (Å²) in [5.74, 6) is -3.28. The van der Waals surface area contributed by atoms with Gasteiger partial charge >= 0.3 is 0 Å². The van der Waals surface area contributed by atoms with Crippen molar-refractivity contribution in [2.24, 2.45) is 5.73 Å². The van der Waals surface area contributed by atoms with Crippen LogP contribution in [0.25, 0.3) is 10.4 Å². The van der Waals surface area contributed by atoms with E-state index in [1.807, 2.05) is 30.3 Å². The van der Waals surface area contributed by atoms with E-state index in [2.05, 4.69) is 5.32 Å². The normalized spacial score (nSPS) is 10.5. The van der Waals surface area contributed by atoms with E-state index in [0.717, 1.165) is 33.9 Å². The molecule has 0 aliphatic heterocycles. The van der Waals surface area contributed by atoms with Crippen LogP contribution in [0.4, 0.5) is 13.8 Å². The summed E-state index contributed by atoms with van der Waals surface area (Å²) in [6, 6.07) is 13.4. The maximum atomic E-state index is 13.7. The van der Waals surface area contributed by atoms with E-state index >= 15 is 0 Å². The second kappa shape index (κ2) is 6.82. The molecule has 0 fully saturated rings. The number of nitrogens with one attached hydrogen (secondary N) is 1. The van der Waals surface area contributed by atoms with Gasteiger partial charge in [-0.1, -0.05) is 30.3 Å². The van der Waals surface area contributed by atoms with Crippen molar-refractivity contribution in [1.82, 2.24) is 0 Å². The van der Waals surface area contributed by atoms with Gasteiger partial charge in [0.15, 0.2) is 0 Å². The van der Waals surface area contributed by atoms with Crippen molar-refractivity contribution in [1.29, 1.82) is 0 Å². The lowest BCUT2D eigenvalue weighted by atomic mass is 10.1. The Morgan fingerprint density at radius 3 is 2.32 bits per heavy atom. The molecule has 1 aromatic heterocycles. The van der Waals surface area contributed by atoms with Crippen molar-refractivity contribution in [3.63, 3.8) is 0 Å². The van der Waals surface area contributed by atoms with Crippen molar-refractivity contribution < 1.29 is 18.4 Å². The first kappa shape index (κ1) is 16.8. The Balaban J connectivity index is 1.95. The van der Waals surface area contributed by atoms with Gasteiger partial charge in [-0.3, -0.25) is 9.59 Å². The Morgan fingerprint density at radius 2 is 1.68 bits per heavy atom. The highest BCUT2D eigenvalue weighted by Gasteiger charge is 2.19. The van der Waals surface area contributed by atoms with Gasteiger partial charge in [-0.2, -0.15) is 0 Å². The largest absolute Gasteiger partial charge is 0.366 e. The number of primary amides is 1. The first-order chi connectivity index (χ1) is 12.0. The van der Waals surface area contributed by atoms with Gasteiger partial charge in [-0.15, -0.1) is 11.3 Å². The SMILES string of the molecule is NC(=O)c1cc(-c2ccccc2)sc1NC(=O)c1ccc(F)cc1F. The number of thiophene rings is 1. The zero-order valence-corrected chi connectivity index (χ0v) is 13.6. The summed E-state index contributed by atoms with van der Waals surface area (Å²) in [7, 11) is 0. The molecule has 0 aliphatic rings. The predicted octanol–water partition coefficient (Wildman–Crippen LogP) is 4.04. The van der Waals surface area contributed by atoms with E-state index in [1.54, 1.807) is 6.07 Å². The van der Waals surface area contributed by atoms with Crippen molar-refractivity contribution >= 4 is 28.2 Å². The van der Waals surface area contributed by atoms with Crippen LogP contribution >= 0.6 is 11.3 Å². The van der Waals surface area contributed by atoms with E-state index in [9.17, 15) is 18.4 Å². The number of carbonyl (C=O) groups is 2. The second-order valence-corrected chi connectivity index (χ2v) is 6.21. The maximum absolute atomic E-state index is 13.7. The number of amides is 2. The minimum absolute atomic E-state index is 0.125. The Kier molecular flexibility index (Phi) is 4.58. The molecule has 0 aliphatic carbocycles. The molecule has 3 rings (SSSR count). The maximum Gasteiger partial charge on any atom is 0.259 e. The lowest BCUT2D eigenvalue weighted by Crippen LogP contribution is -2.17. The van der Waals surface area contributed by atoms with Crippen molar-refractivity contribution in [2.75, 3.05) is 5.32 Å². The third-order valence-corrected chi connectivity index (χ3v) is 4.56. The Morgan fingerprint density at radius 1 is 0.960 bits per heavy atom. The van der Waals surface area contributed by atoms with Crippen molar-refractivity contribution in [3.8, 4) is 10.4 Å². The second-order valence-electron chi connectivity index (χ2n) is 5.16. The number of hydrogen-bond donors (Lipinski definition) is 2. The number of hydrogen-bond acceptors (Lipinski definition) is 3. The molecule has 0 atom stereocenters. The van der Waals surface area contributed by atoms with Crippen molar-refractivity contribution in [2.45, 2.75) is 0 Å². The van der Waals surface area contributed by atoms with Gasteiger partial charge in [0.2, 0.25) is 0 Å². The average molecular weight is 358 g/mol. The fourth-order valence-electron chi connectivity index (χ4n) is 2.26. The quantitative estimate of drug-likeness (QED) is 0.739. The van der Waals surface area contributed by atoms with Gasteiger partial charge < -0.3 is 11.1 Å². The summed E-state index contributed by atoms with van der Waals surface area (Å²) in [5.41, 5.74) is 6.01. The van der Waals surface area contributed by atoms with Crippen LogP contribution in [0, 0.1) is 11.6 Å². The highest BCUT2D eigenvalue weighted by atomic mass is 32.1. The molecule has 3 aromatic rings. The molecule has 1 heterocycles. The van der Waals surface area contributed by atoms with E-state index in [1.165, 1.54) is 0 Å². The monoisotopic (exact) mass is 358 g/mol.